The van der Waals surface area contributed by atoms with E-state index in [9.17, 15) is 19.7 Å². The Morgan fingerprint density at radius 2 is 2.16 bits per heavy atom. The lowest BCUT2D eigenvalue weighted by molar-refractivity contribution is -0.384. The van der Waals surface area contributed by atoms with Crippen molar-refractivity contribution in [3.63, 3.8) is 0 Å². The molecule has 0 spiro atoms. The van der Waals surface area contributed by atoms with Gasteiger partial charge in [0.15, 0.2) is 10.3 Å². The average Bonchev–Trinajstić information content (AvgIpc) is 3.44. The Labute approximate surface area is 193 Å². The van der Waals surface area contributed by atoms with Crippen molar-refractivity contribution in [2.75, 3.05) is 11.1 Å². The van der Waals surface area contributed by atoms with E-state index < -0.39 is 4.92 Å². The van der Waals surface area contributed by atoms with E-state index in [1.807, 2.05) is 0 Å². The molecule has 3 heterocycles. The van der Waals surface area contributed by atoms with Crippen molar-refractivity contribution < 1.29 is 9.72 Å². The van der Waals surface area contributed by atoms with Crippen LogP contribution in [0.4, 0.5) is 10.8 Å². The fourth-order valence-electron chi connectivity index (χ4n) is 2.85. The lowest BCUT2D eigenvalue weighted by Crippen LogP contribution is -2.23. The number of amides is 1. The third-order valence-electron chi connectivity index (χ3n) is 4.28. The molecule has 0 aliphatic carbocycles. The number of nitro groups is 1. The first kappa shape index (κ1) is 21.9. The molecule has 3 aromatic heterocycles. The summed E-state index contributed by atoms with van der Waals surface area (Å²) in [5.41, 5.74) is 1.54. The van der Waals surface area contributed by atoms with Crippen LogP contribution in [0.1, 0.15) is 0 Å². The number of hydrogen-bond acceptors (Lipinski definition) is 9. The number of carbonyl (C=O) groups is 1. The summed E-state index contributed by atoms with van der Waals surface area (Å²) in [6, 6.07) is 7.91. The van der Waals surface area contributed by atoms with Gasteiger partial charge in [0, 0.05) is 29.6 Å². The maximum absolute atomic E-state index is 12.7. The van der Waals surface area contributed by atoms with E-state index in [-0.39, 0.29) is 22.9 Å². The molecular weight excluding hydrogens is 470 g/mol. The topological polar surface area (TPSA) is 120 Å². The summed E-state index contributed by atoms with van der Waals surface area (Å²) < 4.78 is 2.06. The molecule has 0 radical (unpaired) electrons. The number of nitro benzene ring substituents is 1. The molecule has 1 aromatic carbocycles. The predicted molar refractivity (Wildman–Crippen MR) is 128 cm³/mol. The van der Waals surface area contributed by atoms with E-state index in [4.69, 9.17) is 0 Å². The Hall–Kier alpha value is -3.35. The molecular formula is C20H15N5O4S3. The summed E-state index contributed by atoms with van der Waals surface area (Å²) in [5.74, 6) is -0.273. The van der Waals surface area contributed by atoms with Gasteiger partial charge in [0.2, 0.25) is 5.91 Å². The van der Waals surface area contributed by atoms with E-state index in [1.165, 1.54) is 39.4 Å². The van der Waals surface area contributed by atoms with E-state index in [2.05, 4.69) is 21.9 Å². The minimum absolute atomic E-state index is 0.0295. The molecule has 0 fully saturated rings. The first-order chi connectivity index (χ1) is 15.5. The molecule has 0 aliphatic heterocycles. The van der Waals surface area contributed by atoms with Crippen LogP contribution in [0.5, 0.6) is 0 Å². The third kappa shape index (κ3) is 4.61. The van der Waals surface area contributed by atoms with Crippen LogP contribution in [-0.2, 0) is 11.3 Å². The predicted octanol–water partition coefficient (Wildman–Crippen LogP) is 4.41. The second-order valence-corrected chi connectivity index (χ2v) is 9.13. The molecule has 12 heteroatoms. The Morgan fingerprint density at radius 3 is 2.94 bits per heavy atom. The second-order valence-electron chi connectivity index (χ2n) is 6.42. The molecule has 32 heavy (non-hydrogen) atoms. The highest BCUT2D eigenvalue weighted by Crippen LogP contribution is 2.28. The zero-order valence-electron chi connectivity index (χ0n) is 16.4. The van der Waals surface area contributed by atoms with Crippen molar-refractivity contribution in [2.24, 2.45) is 0 Å². The minimum atomic E-state index is -0.469. The number of rotatable bonds is 8. The number of anilines is 1. The number of nitrogens with one attached hydrogen (secondary N) is 1. The SMILES string of the molecule is C=CCn1c(SCC(=O)Nc2nc(-c3cccc([N+](=O)[O-])c3)cs2)nc2ccsc2c1=O. The fourth-order valence-corrected chi connectivity index (χ4v) is 5.17. The normalized spacial score (nSPS) is 10.9. The molecule has 4 aromatic rings. The van der Waals surface area contributed by atoms with Gasteiger partial charge in [0.1, 0.15) is 4.70 Å². The van der Waals surface area contributed by atoms with Crippen LogP contribution in [0.2, 0.25) is 0 Å². The van der Waals surface area contributed by atoms with Crippen LogP contribution in [0.25, 0.3) is 21.5 Å². The quantitative estimate of drug-likeness (QED) is 0.129. The highest BCUT2D eigenvalue weighted by Gasteiger charge is 2.15. The number of thiazole rings is 1. The van der Waals surface area contributed by atoms with E-state index in [0.717, 1.165) is 11.8 Å². The van der Waals surface area contributed by atoms with Crippen molar-refractivity contribution in [1.82, 2.24) is 14.5 Å². The number of allylic oxidation sites excluding steroid dienone is 1. The summed E-state index contributed by atoms with van der Waals surface area (Å²) in [6.07, 6.45) is 1.61. The fraction of sp³-hybridized carbons (Fsp3) is 0.100. The molecule has 0 aliphatic rings. The third-order valence-corrected chi connectivity index (χ3v) is 6.90. The van der Waals surface area contributed by atoms with Gasteiger partial charge in [0.25, 0.3) is 11.2 Å². The standard InChI is InChI=1S/C20H15N5O4S3/c1-2-7-24-18(27)17-14(6-8-30-17)22-20(24)32-11-16(26)23-19-21-15(10-31-19)12-4-3-5-13(9-12)25(28)29/h2-6,8-10H,1,7,11H2,(H,21,23,26). The monoisotopic (exact) mass is 485 g/mol. The molecule has 0 unspecified atom stereocenters. The second kappa shape index (κ2) is 9.42. The number of aromatic nitrogens is 3. The molecule has 1 N–H and O–H groups in total. The van der Waals surface area contributed by atoms with E-state index >= 15 is 0 Å². The van der Waals surface area contributed by atoms with Crippen LogP contribution in [0, 0.1) is 10.1 Å². The molecule has 162 valence electrons. The first-order valence-corrected chi connectivity index (χ1v) is 11.9. The molecule has 0 atom stereocenters. The van der Waals surface area contributed by atoms with Gasteiger partial charge < -0.3 is 5.32 Å². The Balaban J connectivity index is 1.46. The zero-order chi connectivity index (χ0) is 22.7. The van der Waals surface area contributed by atoms with Crippen molar-refractivity contribution in [1.29, 1.82) is 0 Å². The lowest BCUT2D eigenvalue weighted by atomic mass is 10.1. The summed E-state index contributed by atoms with van der Waals surface area (Å²) in [7, 11) is 0. The summed E-state index contributed by atoms with van der Waals surface area (Å²) >= 11 is 3.70. The first-order valence-electron chi connectivity index (χ1n) is 9.18. The van der Waals surface area contributed by atoms with Crippen LogP contribution < -0.4 is 10.9 Å². The van der Waals surface area contributed by atoms with Crippen molar-refractivity contribution in [2.45, 2.75) is 11.7 Å². The number of fused-ring (bicyclic) bond motifs is 1. The number of nitrogens with zero attached hydrogens (tertiary/aromatic N) is 4. The van der Waals surface area contributed by atoms with Crippen LogP contribution in [0.15, 0.2) is 63.7 Å². The number of benzene rings is 1. The van der Waals surface area contributed by atoms with Gasteiger partial charge in [-0.3, -0.25) is 24.3 Å². The number of thioether (sulfide) groups is 1. The van der Waals surface area contributed by atoms with Gasteiger partial charge in [0.05, 0.1) is 21.9 Å². The van der Waals surface area contributed by atoms with Gasteiger partial charge in [-0.2, -0.15) is 0 Å². The van der Waals surface area contributed by atoms with Gasteiger partial charge in [-0.15, -0.1) is 29.3 Å². The molecule has 1 amide bonds. The number of non-ortho nitro benzene ring substituents is 1. The molecule has 9 nitrogen and oxygen atoms in total. The number of hydrogen-bond donors (Lipinski definition) is 1. The molecule has 4 rings (SSSR count). The molecule has 0 bridgehead atoms. The van der Waals surface area contributed by atoms with E-state index in [1.54, 1.807) is 35.0 Å². The maximum atomic E-state index is 12.7. The Morgan fingerprint density at radius 1 is 1.31 bits per heavy atom. The highest BCUT2D eigenvalue weighted by molar-refractivity contribution is 7.99. The smallest absolute Gasteiger partial charge is 0.272 e. The van der Waals surface area contributed by atoms with Crippen molar-refractivity contribution in [3.8, 4) is 11.3 Å². The Bertz CT molecular complexity index is 1390. The van der Waals surface area contributed by atoms with Crippen LogP contribution in [0.3, 0.4) is 0 Å². The summed E-state index contributed by atoms with van der Waals surface area (Å²) in [4.78, 5) is 44.5. The number of thiophene rings is 1. The lowest BCUT2D eigenvalue weighted by Gasteiger charge is -2.09. The molecule has 0 saturated carbocycles. The van der Waals surface area contributed by atoms with Gasteiger partial charge in [-0.25, -0.2) is 9.97 Å². The minimum Gasteiger partial charge on any atom is -0.301 e. The average molecular weight is 486 g/mol. The largest absolute Gasteiger partial charge is 0.301 e. The van der Waals surface area contributed by atoms with Crippen molar-refractivity contribution in [3.05, 3.63) is 74.2 Å². The maximum Gasteiger partial charge on any atom is 0.272 e. The Kier molecular flexibility index (Phi) is 6.44. The van der Waals surface area contributed by atoms with Gasteiger partial charge >= 0.3 is 0 Å². The van der Waals surface area contributed by atoms with Crippen LogP contribution in [-0.4, -0.2) is 31.1 Å². The van der Waals surface area contributed by atoms with Crippen LogP contribution >= 0.6 is 34.4 Å². The van der Waals surface area contributed by atoms with Gasteiger partial charge in [-0.1, -0.05) is 30.0 Å². The summed E-state index contributed by atoms with van der Waals surface area (Å²) in [5, 5.41) is 18.0. The zero-order valence-corrected chi connectivity index (χ0v) is 18.8. The van der Waals surface area contributed by atoms with Crippen molar-refractivity contribution >= 4 is 61.4 Å². The number of carbonyl (C=O) groups excluding carboxylic acids is 1. The summed E-state index contributed by atoms with van der Waals surface area (Å²) in [6.45, 7) is 3.98. The highest BCUT2D eigenvalue weighted by atomic mass is 32.2. The molecule has 0 saturated heterocycles. The van der Waals surface area contributed by atoms with E-state index in [0.29, 0.717) is 38.3 Å². The van der Waals surface area contributed by atoms with Gasteiger partial charge in [-0.05, 0) is 11.4 Å².